The molecule has 0 aliphatic heterocycles. The van der Waals surface area contributed by atoms with Crippen LogP contribution in [0.2, 0.25) is 0 Å². The fourth-order valence-corrected chi connectivity index (χ4v) is 4.69. The molecule has 1 saturated carbocycles. The Bertz CT molecular complexity index is 1120. The molecule has 1 aromatic carbocycles. The molecule has 0 atom stereocenters. The smallest absolute Gasteiger partial charge is 0.229 e. The van der Waals surface area contributed by atoms with Crippen LogP contribution >= 0.6 is 0 Å². The second-order valence-corrected chi connectivity index (χ2v) is 10.4. The predicted octanol–water partition coefficient (Wildman–Crippen LogP) is 3.09. The van der Waals surface area contributed by atoms with Gasteiger partial charge in [-0.3, -0.25) is 0 Å². The van der Waals surface area contributed by atoms with E-state index in [-0.39, 0.29) is 4.90 Å². The van der Waals surface area contributed by atoms with Crippen molar-refractivity contribution in [1.29, 1.82) is 0 Å². The lowest BCUT2D eigenvalue weighted by molar-refractivity contribution is 0.182. The van der Waals surface area contributed by atoms with Gasteiger partial charge in [-0.15, -0.1) is 0 Å². The maximum Gasteiger partial charge on any atom is 0.229 e. The third-order valence-electron chi connectivity index (χ3n) is 5.89. The van der Waals surface area contributed by atoms with Crippen LogP contribution < -0.4 is 5.32 Å². The van der Waals surface area contributed by atoms with Gasteiger partial charge in [0.15, 0.2) is 15.5 Å². The van der Waals surface area contributed by atoms with Gasteiger partial charge >= 0.3 is 0 Å². The zero-order chi connectivity index (χ0) is 21.3. The van der Waals surface area contributed by atoms with Crippen molar-refractivity contribution in [2.75, 3.05) is 25.7 Å². The summed E-state index contributed by atoms with van der Waals surface area (Å²) in [5.41, 5.74) is 1.55. The molecule has 2 heterocycles. The van der Waals surface area contributed by atoms with Crippen molar-refractivity contribution in [1.82, 2.24) is 24.6 Å². The van der Waals surface area contributed by atoms with Gasteiger partial charge in [-0.05, 0) is 70.0 Å². The molecule has 0 spiro atoms. The Kier molecular flexibility index (Phi) is 5.75. The van der Waals surface area contributed by atoms with Crippen molar-refractivity contribution in [2.24, 2.45) is 5.92 Å². The molecule has 30 heavy (non-hydrogen) atoms. The average Bonchev–Trinajstić information content (AvgIpc) is 3.10. The number of benzene rings is 1. The summed E-state index contributed by atoms with van der Waals surface area (Å²) in [5.74, 6) is 1.08. The fourth-order valence-electron chi connectivity index (χ4n) is 4.06. The number of fused-ring (bicyclic) bond motifs is 1. The van der Waals surface area contributed by atoms with Crippen molar-refractivity contribution in [3.63, 3.8) is 0 Å². The summed E-state index contributed by atoms with van der Waals surface area (Å²) in [6, 6.07) is 7.26. The molecule has 0 amide bonds. The first-order chi connectivity index (χ1) is 14.3. The van der Waals surface area contributed by atoms with Crippen molar-refractivity contribution >= 4 is 32.5 Å². The topological polar surface area (TPSA) is 93.0 Å². The van der Waals surface area contributed by atoms with Crippen LogP contribution in [0.3, 0.4) is 0 Å². The quantitative estimate of drug-likeness (QED) is 0.645. The minimum atomic E-state index is -3.22. The number of hydrogen-bond donors (Lipinski definition) is 1. The third kappa shape index (κ3) is 4.62. The van der Waals surface area contributed by atoms with Crippen molar-refractivity contribution < 1.29 is 8.42 Å². The van der Waals surface area contributed by atoms with Gasteiger partial charge in [0.25, 0.3) is 0 Å². The zero-order valence-electron chi connectivity index (χ0n) is 17.6. The number of nitrogens with zero attached hydrogens (tertiary/aromatic N) is 5. The third-order valence-corrected chi connectivity index (χ3v) is 7.02. The van der Waals surface area contributed by atoms with Gasteiger partial charge in [-0.1, -0.05) is 0 Å². The maximum atomic E-state index is 11.6. The standard InChI is InChI=1S/C21H28N6O2S/c1-26(2)18-8-4-15(5-9-18)14-27-20-16(13-23-27)12-22-21(25-20)24-17-6-10-19(11-7-17)30(3,28)29/h6-7,10-13,15,18H,4-5,8-9,14H2,1-3H3,(H,22,24,25). The molecule has 160 valence electrons. The highest BCUT2D eigenvalue weighted by atomic mass is 32.2. The first kappa shape index (κ1) is 20.7. The Morgan fingerprint density at radius 3 is 2.43 bits per heavy atom. The molecule has 1 aliphatic carbocycles. The van der Waals surface area contributed by atoms with Crippen LogP contribution in [0, 0.1) is 5.92 Å². The van der Waals surface area contributed by atoms with E-state index in [2.05, 4.69) is 39.4 Å². The summed E-state index contributed by atoms with van der Waals surface area (Å²) >= 11 is 0. The van der Waals surface area contributed by atoms with E-state index in [0.29, 0.717) is 17.9 Å². The molecule has 1 fully saturated rings. The van der Waals surface area contributed by atoms with Crippen LogP contribution in [0.4, 0.5) is 11.6 Å². The Labute approximate surface area is 177 Å². The molecular weight excluding hydrogens is 400 g/mol. The van der Waals surface area contributed by atoms with E-state index in [4.69, 9.17) is 0 Å². The van der Waals surface area contributed by atoms with Crippen molar-refractivity contribution in [3.05, 3.63) is 36.7 Å². The Morgan fingerprint density at radius 1 is 1.10 bits per heavy atom. The first-order valence-corrected chi connectivity index (χ1v) is 12.1. The molecular formula is C21H28N6O2S. The molecule has 0 radical (unpaired) electrons. The van der Waals surface area contributed by atoms with Gasteiger partial charge < -0.3 is 10.2 Å². The molecule has 2 aromatic heterocycles. The monoisotopic (exact) mass is 428 g/mol. The molecule has 8 nitrogen and oxygen atoms in total. The summed E-state index contributed by atoms with van der Waals surface area (Å²) in [5, 5.41) is 8.60. The molecule has 0 bridgehead atoms. The summed E-state index contributed by atoms with van der Waals surface area (Å²) in [6.07, 6.45) is 9.62. The fraction of sp³-hybridized carbons (Fsp3) is 0.476. The molecule has 1 N–H and O–H groups in total. The number of anilines is 2. The van der Waals surface area contributed by atoms with Crippen LogP contribution in [0.15, 0.2) is 41.6 Å². The summed E-state index contributed by atoms with van der Waals surface area (Å²) in [4.78, 5) is 11.6. The first-order valence-electron chi connectivity index (χ1n) is 10.2. The van der Waals surface area contributed by atoms with Gasteiger partial charge in [-0.25, -0.2) is 18.1 Å². The highest BCUT2D eigenvalue weighted by Crippen LogP contribution is 2.28. The molecule has 0 unspecified atom stereocenters. The summed E-state index contributed by atoms with van der Waals surface area (Å²) in [6.45, 7) is 0.864. The zero-order valence-corrected chi connectivity index (χ0v) is 18.4. The Morgan fingerprint density at radius 2 is 1.80 bits per heavy atom. The normalized spacial score (nSPS) is 20.0. The van der Waals surface area contributed by atoms with E-state index in [1.165, 1.54) is 31.9 Å². The van der Waals surface area contributed by atoms with Gasteiger partial charge in [0.2, 0.25) is 5.95 Å². The van der Waals surface area contributed by atoms with E-state index in [9.17, 15) is 8.42 Å². The van der Waals surface area contributed by atoms with E-state index in [1.807, 2.05) is 10.9 Å². The van der Waals surface area contributed by atoms with Crippen LogP contribution in [-0.4, -0.2) is 59.5 Å². The highest BCUT2D eigenvalue weighted by Gasteiger charge is 2.23. The molecule has 4 rings (SSSR count). The minimum absolute atomic E-state index is 0.284. The Balaban J connectivity index is 1.48. The minimum Gasteiger partial charge on any atom is -0.324 e. The van der Waals surface area contributed by atoms with Crippen LogP contribution in [0.25, 0.3) is 11.0 Å². The van der Waals surface area contributed by atoms with Gasteiger partial charge in [0.05, 0.1) is 16.5 Å². The van der Waals surface area contributed by atoms with Crippen molar-refractivity contribution in [2.45, 2.75) is 43.2 Å². The van der Waals surface area contributed by atoms with E-state index in [1.54, 1.807) is 30.5 Å². The second-order valence-electron chi connectivity index (χ2n) is 8.36. The molecule has 0 saturated heterocycles. The Hall–Kier alpha value is -2.52. The lowest BCUT2D eigenvalue weighted by Crippen LogP contribution is -2.33. The maximum absolute atomic E-state index is 11.6. The molecule has 3 aromatic rings. The predicted molar refractivity (Wildman–Crippen MR) is 118 cm³/mol. The number of nitrogens with one attached hydrogen (secondary N) is 1. The number of sulfone groups is 1. The van der Waals surface area contributed by atoms with Crippen LogP contribution in [0.1, 0.15) is 25.7 Å². The number of hydrogen-bond acceptors (Lipinski definition) is 7. The summed E-state index contributed by atoms with van der Waals surface area (Å²) in [7, 11) is 1.10. The second kappa shape index (κ2) is 8.31. The van der Waals surface area contributed by atoms with Crippen molar-refractivity contribution in [3.8, 4) is 0 Å². The van der Waals surface area contributed by atoms with Gasteiger partial charge in [-0.2, -0.15) is 10.1 Å². The average molecular weight is 429 g/mol. The van der Waals surface area contributed by atoms with Crippen LogP contribution in [0.5, 0.6) is 0 Å². The van der Waals surface area contributed by atoms with Crippen LogP contribution in [-0.2, 0) is 16.4 Å². The molecule has 9 heteroatoms. The lowest BCUT2D eigenvalue weighted by atomic mass is 9.85. The van der Waals surface area contributed by atoms with E-state index in [0.717, 1.165) is 23.3 Å². The van der Waals surface area contributed by atoms with E-state index < -0.39 is 9.84 Å². The van der Waals surface area contributed by atoms with E-state index >= 15 is 0 Å². The summed E-state index contributed by atoms with van der Waals surface area (Å²) < 4.78 is 25.2. The van der Waals surface area contributed by atoms with Gasteiger partial charge in [0, 0.05) is 30.7 Å². The lowest BCUT2D eigenvalue weighted by Gasteiger charge is -2.32. The SMILES string of the molecule is CN(C)C1CCC(Cn2ncc3cnc(Nc4ccc(S(C)(=O)=O)cc4)nc32)CC1. The highest BCUT2D eigenvalue weighted by molar-refractivity contribution is 7.90. The largest absolute Gasteiger partial charge is 0.324 e. The molecule has 1 aliphatic rings. The number of rotatable bonds is 6. The van der Waals surface area contributed by atoms with Gasteiger partial charge in [0.1, 0.15) is 0 Å². The number of aromatic nitrogens is 4.